The monoisotopic (exact) mass is 261 g/mol. The Morgan fingerprint density at radius 1 is 1.19 bits per heavy atom. The molecule has 16 heavy (non-hydrogen) atoms. The van der Waals surface area contributed by atoms with Gasteiger partial charge in [-0.2, -0.15) is 0 Å². The molecule has 0 aliphatic heterocycles. The Bertz CT molecular complexity index is 374. The molecule has 1 rings (SSSR count). The highest BCUT2D eigenvalue weighted by molar-refractivity contribution is 6.42. The number of hydrogen-bond donors (Lipinski definition) is 2. The van der Waals surface area contributed by atoms with E-state index in [2.05, 4.69) is 0 Å². The molecule has 1 aromatic rings. The van der Waals surface area contributed by atoms with Crippen LogP contribution in [-0.4, -0.2) is 11.2 Å². The molecule has 0 saturated heterocycles. The minimum Gasteiger partial charge on any atom is -0.391 e. The third kappa shape index (κ3) is 3.11. The van der Waals surface area contributed by atoms with Crippen molar-refractivity contribution < 1.29 is 5.11 Å². The van der Waals surface area contributed by atoms with E-state index in [0.29, 0.717) is 10.0 Å². The molecular formula is C12H17Cl2NO. The summed E-state index contributed by atoms with van der Waals surface area (Å²) in [4.78, 5) is 0. The average Bonchev–Trinajstić information content (AvgIpc) is 2.18. The van der Waals surface area contributed by atoms with Crippen LogP contribution in [0.5, 0.6) is 0 Å². The van der Waals surface area contributed by atoms with Crippen molar-refractivity contribution in [3.8, 4) is 0 Å². The Morgan fingerprint density at radius 2 is 1.75 bits per heavy atom. The normalized spacial score (nSPS) is 15.9. The number of aliphatic hydroxyl groups is 1. The van der Waals surface area contributed by atoms with Gasteiger partial charge in [0.25, 0.3) is 0 Å². The number of hydrogen-bond acceptors (Lipinski definition) is 2. The largest absolute Gasteiger partial charge is 0.391 e. The summed E-state index contributed by atoms with van der Waals surface area (Å²) >= 11 is 11.7. The fraction of sp³-hybridized carbons (Fsp3) is 0.500. The molecule has 0 aromatic heterocycles. The van der Waals surface area contributed by atoms with Crippen LogP contribution in [0.1, 0.15) is 32.4 Å². The summed E-state index contributed by atoms with van der Waals surface area (Å²) < 4.78 is 0. The third-order valence-corrected chi connectivity index (χ3v) is 3.30. The molecule has 0 aliphatic carbocycles. The van der Waals surface area contributed by atoms with Crippen molar-refractivity contribution in [1.82, 2.24) is 0 Å². The molecule has 2 nitrogen and oxygen atoms in total. The van der Waals surface area contributed by atoms with Gasteiger partial charge in [-0.25, -0.2) is 0 Å². The Labute approximate surface area is 106 Å². The van der Waals surface area contributed by atoms with Gasteiger partial charge in [0, 0.05) is 0 Å². The summed E-state index contributed by atoms with van der Waals surface area (Å²) in [5.74, 6) is 0. The summed E-state index contributed by atoms with van der Waals surface area (Å²) in [6, 6.07) is 4.71. The summed E-state index contributed by atoms with van der Waals surface area (Å²) in [5.41, 5.74) is 6.51. The van der Waals surface area contributed by atoms with E-state index in [1.807, 2.05) is 20.8 Å². The Kier molecular flexibility index (Phi) is 4.24. The summed E-state index contributed by atoms with van der Waals surface area (Å²) in [6.07, 6.45) is -0.634. The molecule has 0 saturated carbocycles. The highest BCUT2D eigenvalue weighted by atomic mass is 35.5. The van der Waals surface area contributed by atoms with Crippen molar-refractivity contribution in [2.75, 3.05) is 0 Å². The standard InChI is InChI=1S/C12H17Cl2NO/c1-12(2,3)11(16)10(15)7-4-5-8(13)9(14)6-7/h4-6,10-11,16H,15H2,1-3H3/t10-,11-/m0/s1. The zero-order chi connectivity index (χ0) is 12.5. The van der Waals surface area contributed by atoms with Crippen LogP contribution in [0.4, 0.5) is 0 Å². The minimum atomic E-state index is -0.634. The molecule has 0 bridgehead atoms. The van der Waals surface area contributed by atoms with Gasteiger partial charge in [-0.15, -0.1) is 0 Å². The second kappa shape index (κ2) is 4.92. The fourth-order valence-corrected chi connectivity index (χ4v) is 1.75. The lowest BCUT2D eigenvalue weighted by Gasteiger charge is -2.31. The average molecular weight is 262 g/mol. The van der Waals surface area contributed by atoms with Gasteiger partial charge in [0.2, 0.25) is 0 Å². The zero-order valence-electron chi connectivity index (χ0n) is 9.67. The Morgan fingerprint density at radius 3 is 2.19 bits per heavy atom. The lowest BCUT2D eigenvalue weighted by molar-refractivity contribution is 0.0401. The molecule has 0 fully saturated rings. The molecule has 3 N–H and O–H groups in total. The van der Waals surface area contributed by atoms with Gasteiger partial charge in [0.05, 0.1) is 22.2 Å². The first-order chi connectivity index (χ1) is 7.23. The van der Waals surface area contributed by atoms with Crippen LogP contribution in [0, 0.1) is 5.41 Å². The lowest BCUT2D eigenvalue weighted by Crippen LogP contribution is -2.36. The van der Waals surface area contributed by atoms with Crippen LogP contribution in [0.15, 0.2) is 18.2 Å². The second-order valence-corrected chi connectivity index (χ2v) is 5.82. The van der Waals surface area contributed by atoms with Gasteiger partial charge in [-0.1, -0.05) is 50.0 Å². The quantitative estimate of drug-likeness (QED) is 0.858. The van der Waals surface area contributed by atoms with E-state index in [1.54, 1.807) is 18.2 Å². The van der Waals surface area contributed by atoms with Crippen molar-refractivity contribution in [2.24, 2.45) is 11.1 Å². The summed E-state index contributed by atoms with van der Waals surface area (Å²) in [6.45, 7) is 5.82. The van der Waals surface area contributed by atoms with E-state index in [-0.39, 0.29) is 5.41 Å². The topological polar surface area (TPSA) is 46.2 Å². The zero-order valence-corrected chi connectivity index (χ0v) is 11.2. The molecule has 2 atom stereocenters. The summed E-state index contributed by atoms with van der Waals surface area (Å²) in [7, 11) is 0. The van der Waals surface area contributed by atoms with E-state index in [0.717, 1.165) is 5.56 Å². The first-order valence-electron chi connectivity index (χ1n) is 5.12. The van der Waals surface area contributed by atoms with Crippen molar-refractivity contribution in [3.05, 3.63) is 33.8 Å². The SMILES string of the molecule is CC(C)(C)[C@@H](O)[C@@H](N)c1ccc(Cl)c(Cl)c1. The molecular weight excluding hydrogens is 245 g/mol. The van der Waals surface area contributed by atoms with Crippen LogP contribution in [0.25, 0.3) is 0 Å². The number of nitrogens with two attached hydrogens (primary N) is 1. The molecule has 90 valence electrons. The predicted octanol–water partition coefficient (Wildman–Crippen LogP) is 3.40. The van der Waals surface area contributed by atoms with Crippen molar-refractivity contribution in [2.45, 2.75) is 32.9 Å². The van der Waals surface area contributed by atoms with Gasteiger partial charge in [-0.05, 0) is 23.1 Å². The maximum Gasteiger partial charge on any atom is 0.0780 e. The van der Waals surface area contributed by atoms with Crippen LogP contribution in [0.2, 0.25) is 10.0 Å². The van der Waals surface area contributed by atoms with E-state index >= 15 is 0 Å². The minimum absolute atomic E-state index is 0.272. The van der Waals surface area contributed by atoms with Crippen LogP contribution < -0.4 is 5.73 Å². The molecule has 0 unspecified atom stereocenters. The van der Waals surface area contributed by atoms with Gasteiger partial charge in [0.1, 0.15) is 0 Å². The van der Waals surface area contributed by atoms with Gasteiger partial charge >= 0.3 is 0 Å². The molecule has 4 heteroatoms. The third-order valence-electron chi connectivity index (χ3n) is 2.56. The fourth-order valence-electron chi connectivity index (χ4n) is 1.44. The van der Waals surface area contributed by atoms with E-state index in [9.17, 15) is 5.11 Å². The Balaban J connectivity index is 2.97. The number of rotatable bonds is 2. The van der Waals surface area contributed by atoms with Gasteiger partial charge in [-0.3, -0.25) is 0 Å². The number of benzene rings is 1. The molecule has 1 aromatic carbocycles. The first kappa shape index (κ1) is 13.8. The van der Waals surface area contributed by atoms with Crippen LogP contribution in [-0.2, 0) is 0 Å². The van der Waals surface area contributed by atoms with Crippen LogP contribution >= 0.6 is 23.2 Å². The van der Waals surface area contributed by atoms with E-state index < -0.39 is 12.1 Å². The first-order valence-corrected chi connectivity index (χ1v) is 5.87. The molecule has 0 radical (unpaired) electrons. The highest BCUT2D eigenvalue weighted by Gasteiger charge is 2.29. The van der Waals surface area contributed by atoms with E-state index in [4.69, 9.17) is 28.9 Å². The number of halogens is 2. The summed E-state index contributed by atoms with van der Waals surface area (Å²) in [5, 5.41) is 11.0. The maximum absolute atomic E-state index is 10.1. The Hall–Kier alpha value is -0.280. The van der Waals surface area contributed by atoms with Crippen LogP contribution in [0.3, 0.4) is 0 Å². The maximum atomic E-state index is 10.1. The molecule has 0 amide bonds. The molecule has 0 spiro atoms. The van der Waals surface area contributed by atoms with Gasteiger partial charge in [0.15, 0.2) is 0 Å². The lowest BCUT2D eigenvalue weighted by atomic mass is 9.82. The smallest absolute Gasteiger partial charge is 0.0780 e. The highest BCUT2D eigenvalue weighted by Crippen LogP contribution is 2.31. The van der Waals surface area contributed by atoms with Crippen molar-refractivity contribution in [1.29, 1.82) is 0 Å². The molecule has 0 heterocycles. The van der Waals surface area contributed by atoms with Crippen molar-refractivity contribution >= 4 is 23.2 Å². The molecule has 0 aliphatic rings. The van der Waals surface area contributed by atoms with Gasteiger partial charge < -0.3 is 10.8 Å². The second-order valence-electron chi connectivity index (χ2n) is 5.01. The van der Waals surface area contributed by atoms with E-state index in [1.165, 1.54) is 0 Å². The van der Waals surface area contributed by atoms with Crippen molar-refractivity contribution in [3.63, 3.8) is 0 Å². The number of aliphatic hydroxyl groups excluding tert-OH is 1. The predicted molar refractivity (Wildman–Crippen MR) is 68.9 cm³/mol.